The number of ether oxygens (including phenoxy) is 2. The Morgan fingerprint density at radius 1 is 0.491 bits per heavy atom. The van der Waals surface area contributed by atoms with Crippen LogP contribution < -0.4 is 4.74 Å². The molecule has 0 bridgehead atoms. The van der Waals surface area contributed by atoms with Gasteiger partial charge in [-0.05, 0) is 71.8 Å². The van der Waals surface area contributed by atoms with E-state index in [-0.39, 0.29) is 63.1 Å². The first-order valence-corrected chi connectivity index (χ1v) is 17.3. The summed E-state index contributed by atoms with van der Waals surface area (Å²) in [6.45, 7) is 0. The first-order chi connectivity index (χ1) is 25.7. The first-order valence-electron chi connectivity index (χ1n) is 15.9. The highest BCUT2D eigenvalue weighted by Gasteiger charge is 2.55. The number of esters is 1. The van der Waals surface area contributed by atoms with Crippen molar-refractivity contribution in [3.05, 3.63) is 148 Å². The number of benzene rings is 6. The molecule has 55 heavy (non-hydrogen) atoms. The zero-order chi connectivity index (χ0) is 38.3. The summed E-state index contributed by atoms with van der Waals surface area (Å²) >= 11 is 0. The van der Waals surface area contributed by atoms with Crippen LogP contribution in [-0.2, 0) is 30.2 Å². The van der Waals surface area contributed by atoms with E-state index in [0.29, 0.717) is 11.1 Å². The van der Waals surface area contributed by atoms with Crippen molar-refractivity contribution in [1.82, 2.24) is 0 Å². The van der Waals surface area contributed by atoms with Gasteiger partial charge in [-0.3, -0.25) is 0 Å². The Bertz CT molecular complexity index is 2580. The van der Waals surface area contributed by atoms with Gasteiger partial charge in [0.05, 0.1) is 16.7 Å². The minimum Gasteiger partial charge on any atom is -0.504 e. The molecule has 6 aromatic carbocycles. The third-order valence-corrected chi connectivity index (χ3v) is 10.9. The molecule has 0 saturated carbocycles. The van der Waals surface area contributed by atoms with E-state index in [1.807, 2.05) is 0 Å². The molecule has 0 atom stereocenters. The lowest BCUT2D eigenvalue weighted by Crippen LogP contribution is -2.33. The van der Waals surface area contributed by atoms with Crippen LogP contribution in [0.3, 0.4) is 0 Å². The Labute approximate surface area is 312 Å². The molecule has 0 aromatic heterocycles. The average Bonchev–Trinajstić information content (AvgIpc) is 3.59. The van der Waals surface area contributed by atoms with Gasteiger partial charge in [0.25, 0.3) is 10.1 Å². The molecule has 3 aliphatic heterocycles. The van der Waals surface area contributed by atoms with Crippen LogP contribution in [0.4, 0.5) is 0 Å². The second-order valence-corrected chi connectivity index (χ2v) is 14.0. The molecular formula is C40H30O14S. The van der Waals surface area contributed by atoms with Crippen molar-refractivity contribution >= 4 is 16.1 Å². The van der Waals surface area contributed by atoms with Gasteiger partial charge < -0.3 is 50.3 Å². The van der Waals surface area contributed by atoms with Gasteiger partial charge in [-0.15, -0.1) is 0 Å². The van der Waals surface area contributed by atoms with Crippen molar-refractivity contribution in [2.75, 3.05) is 0 Å². The Morgan fingerprint density at radius 2 is 0.964 bits per heavy atom. The van der Waals surface area contributed by atoms with Gasteiger partial charge in [-0.1, -0.05) is 56.0 Å². The molecule has 3 heterocycles. The second kappa shape index (κ2) is 12.5. The summed E-state index contributed by atoms with van der Waals surface area (Å²) < 4.78 is 42.3. The van der Waals surface area contributed by atoms with Crippen molar-refractivity contribution in [1.29, 1.82) is 0 Å². The standard InChI is InChI=1S/C20H12O7.C19H14O7S.CH4/c21-13-7-5-11-17(15(13)23)26-18-12(6-8-14(22)16(18)24)20(11)10-4-2-1-3-9(10)19(25)27-20;20-14-7-5-11(9-16(14)22)19(12-6-8-15(21)17(23)10-12)13-3-1-2-4-18(13)27(24,25)26-19;/h1-8,21-24H;1-10,20-23H;1H4. The predicted octanol–water partition coefficient (Wildman–Crippen LogP) is 6.23. The van der Waals surface area contributed by atoms with Crippen LogP contribution in [0.15, 0.2) is 114 Å². The third-order valence-electron chi connectivity index (χ3n) is 9.49. The lowest BCUT2D eigenvalue weighted by molar-refractivity contribution is 0.0220. The minimum atomic E-state index is -4.14. The fraction of sp³-hybridized carbons (Fsp3) is 0.0750. The minimum absolute atomic E-state index is 0. The molecule has 0 unspecified atom stereocenters. The van der Waals surface area contributed by atoms with Crippen LogP contribution in [0.5, 0.6) is 57.5 Å². The van der Waals surface area contributed by atoms with E-state index in [9.17, 15) is 54.1 Å². The molecule has 0 aliphatic carbocycles. The summed E-state index contributed by atoms with van der Waals surface area (Å²) in [5.74, 6) is -4.62. The molecule has 0 radical (unpaired) electrons. The summed E-state index contributed by atoms with van der Waals surface area (Å²) in [5.41, 5.74) is -1.11. The molecule has 0 saturated heterocycles. The highest BCUT2D eigenvalue weighted by atomic mass is 32.2. The van der Waals surface area contributed by atoms with Gasteiger partial charge in [0, 0.05) is 11.1 Å². The molecule has 3 aliphatic rings. The Hall–Kier alpha value is -7.10. The number of phenols is 8. The lowest BCUT2D eigenvalue weighted by atomic mass is 9.77. The molecule has 8 N–H and O–H groups in total. The maximum absolute atomic E-state index is 12.7. The van der Waals surface area contributed by atoms with E-state index >= 15 is 0 Å². The fourth-order valence-electron chi connectivity index (χ4n) is 7.04. The number of carbonyl (C=O) groups is 1. The van der Waals surface area contributed by atoms with E-state index in [4.69, 9.17) is 13.7 Å². The monoisotopic (exact) mass is 766 g/mol. The van der Waals surface area contributed by atoms with E-state index in [1.54, 1.807) is 42.5 Å². The maximum atomic E-state index is 12.7. The number of aromatic hydroxyl groups is 8. The molecular weight excluding hydrogens is 736 g/mol. The molecule has 9 rings (SSSR count). The number of carbonyl (C=O) groups excluding carboxylic acids is 1. The largest absolute Gasteiger partial charge is 0.504 e. The zero-order valence-corrected chi connectivity index (χ0v) is 28.1. The summed E-state index contributed by atoms with van der Waals surface area (Å²) in [6.07, 6.45) is 0. The highest BCUT2D eigenvalue weighted by Crippen LogP contribution is 2.62. The molecule has 15 heteroatoms. The molecule has 6 aromatic rings. The molecule has 280 valence electrons. The van der Waals surface area contributed by atoms with E-state index < -0.39 is 61.8 Å². The van der Waals surface area contributed by atoms with Crippen molar-refractivity contribution in [3.63, 3.8) is 0 Å². The Balaban J connectivity index is 0.000000166. The summed E-state index contributed by atoms with van der Waals surface area (Å²) in [4.78, 5) is 12.5. The number of fused-ring (bicyclic) bond motifs is 7. The van der Waals surface area contributed by atoms with Crippen LogP contribution >= 0.6 is 0 Å². The summed E-state index contributed by atoms with van der Waals surface area (Å²) in [5, 5.41) is 79.6. The van der Waals surface area contributed by atoms with Gasteiger partial charge in [-0.2, -0.15) is 8.42 Å². The Morgan fingerprint density at radius 3 is 1.49 bits per heavy atom. The second-order valence-electron chi connectivity index (χ2n) is 12.5. The van der Waals surface area contributed by atoms with E-state index in [1.165, 1.54) is 66.7 Å². The molecule has 1 spiro atoms. The van der Waals surface area contributed by atoms with Gasteiger partial charge in [0.1, 0.15) is 4.90 Å². The summed E-state index contributed by atoms with van der Waals surface area (Å²) in [6, 6.07) is 26.0. The summed E-state index contributed by atoms with van der Waals surface area (Å²) in [7, 11) is -4.14. The smallest absolute Gasteiger partial charge is 0.340 e. The van der Waals surface area contributed by atoms with Crippen LogP contribution in [-0.4, -0.2) is 55.2 Å². The maximum Gasteiger partial charge on any atom is 0.340 e. The number of phenolic OH excluding ortho intramolecular Hbond substituents is 8. The van der Waals surface area contributed by atoms with Gasteiger partial charge in [0.15, 0.2) is 57.2 Å². The van der Waals surface area contributed by atoms with E-state index in [2.05, 4.69) is 0 Å². The van der Waals surface area contributed by atoms with Crippen molar-refractivity contribution in [3.8, 4) is 57.5 Å². The molecule has 0 amide bonds. The van der Waals surface area contributed by atoms with Crippen LogP contribution in [0.2, 0.25) is 0 Å². The molecule has 14 nitrogen and oxygen atoms in total. The van der Waals surface area contributed by atoms with E-state index in [0.717, 1.165) is 0 Å². The normalized spacial score (nSPS) is 15.8. The highest BCUT2D eigenvalue weighted by molar-refractivity contribution is 7.87. The number of hydrogen-bond donors (Lipinski definition) is 8. The molecule has 0 fully saturated rings. The number of rotatable bonds is 2. The van der Waals surface area contributed by atoms with Gasteiger partial charge in [0.2, 0.25) is 11.5 Å². The average molecular weight is 767 g/mol. The van der Waals surface area contributed by atoms with Gasteiger partial charge >= 0.3 is 5.97 Å². The van der Waals surface area contributed by atoms with Crippen molar-refractivity contribution < 1.29 is 67.7 Å². The fourth-order valence-corrected chi connectivity index (χ4v) is 8.46. The first kappa shape index (κ1) is 36.3. The van der Waals surface area contributed by atoms with Gasteiger partial charge in [-0.25, -0.2) is 8.98 Å². The topological polar surface area (TPSA) is 241 Å². The van der Waals surface area contributed by atoms with Crippen LogP contribution in [0, 0.1) is 0 Å². The van der Waals surface area contributed by atoms with Crippen molar-refractivity contribution in [2.24, 2.45) is 0 Å². The quantitative estimate of drug-likeness (QED) is 0.0554. The number of hydrogen-bond acceptors (Lipinski definition) is 14. The van der Waals surface area contributed by atoms with Crippen molar-refractivity contribution in [2.45, 2.75) is 23.5 Å². The lowest BCUT2D eigenvalue weighted by Gasteiger charge is -2.36. The predicted molar refractivity (Wildman–Crippen MR) is 192 cm³/mol. The third kappa shape index (κ3) is 5.12. The Kier molecular flexibility index (Phi) is 8.24. The zero-order valence-electron chi connectivity index (χ0n) is 27.3. The van der Waals surface area contributed by atoms with Crippen LogP contribution in [0.1, 0.15) is 51.2 Å². The SMILES string of the molecule is C.O=C1OC2(c3ccccc31)c1ccc(O)c(O)c1Oc1c2ccc(O)c1O.O=S1(=O)OC(c2ccc(O)c(O)c2)(c2ccc(O)c(O)c2)c2ccccc21. The van der Waals surface area contributed by atoms with Crippen LogP contribution in [0.25, 0.3) is 0 Å².